The maximum Gasteiger partial charge on any atom is 0.243 e. The maximum absolute atomic E-state index is 13.2. The zero-order chi connectivity index (χ0) is 21.2. The Morgan fingerprint density at radius 2 is 1.59 bits per heavy atom. The van der Waals surface area contributed by atoms with Crippen LogP contribution in [0.2, 0.25) is 0 Å². The van der Waals surface area contributed by atoms with Crippen molar-refractivity contribution in [3.05, 3.63) is 65.2 Å². The van der Waals surface area contributed by atoms with Gasteiger partial charge in [0.25, 0.3) is 0 Å². The van der Waals surface area contributed by atoms with E-state index in [4.69, 9.17) is 0 Å². The Hall–Kier alpha value is -2.18. The van der Waals surface area contributed by atoms with Crippen molar-refractivity contribution in [3.8, 4) is 0 Å². The summed E-state index contributed by atoms with van der Waals surface area (Å²) in [5, 5.41) is 0. The molecule has 2 aromatic carbocycles. The molecule has 1 aliphatic rings. The van der Waals surface area contributed by atoms with E-state index >= 15 is 0 Å². The van der Waals surface area contributed by atoms with E-state index in [0.29, 0.717) is 24.4 Å². The Kier molecular flexibility index (Phi) is 6.44. The first-order valence-corrected chi connectivity index (χ1v) is 11.6. The predicted molar refractivity (Wildman–Crippen MR) is 115 cm³/mol. The summed E-state index contributed by atoms with van der Waals surface area (Å²) in [5.74, 6) is 0.127. The van der Waals surface area contributed by atoms with Gasteiger partial charge in [-0.05, 0) is 48.6 Å². The lowest BCUT2D eigenvalue weighted by molar-refractivity contribution is -0.134. The molecule has 0 aromatic heterocycles. The van der Waals surface area contributed by atoms with Crippen LogP contribution < -0.4 is 0 Å². The first-order valence-electron chi connectivity index (χ1n) is 10.2. The van der Waals surface area contributed by atoms with Crippen molar-refractivity contribution in [2.45, 2.75) is 44.6 Å². The molecule has 6 heteroatoms. The quantitative estimate of drug-likeness (QED) is 0.750. The highest BCUT2D eigenvalue weighted by atomic mass is 32.2. The van der Waals surface area contributed by atoms with Gasteiger partial charge in [-0.15, -0.1) is 0 Å². The highest BCUT2D eigenvalue weighted by Gasteiger charge is 2.28. The molecule has 0 bridgehead atoms. The Morgan fingerprint density at radius 1 is 0.966 bits per heavy atom. The van der Waals surface area contributed by atoms with Gasteiger partial charge >= 0.3 is 0 Å². The summed E-state index contributed by atoms with van der Waals surface area (Å²) in [6.07, 6.45) is 1.43. The van der Waals surface area contributed by atoms with E-state index in [1.54, 1.807) is 19.2 Å². The second-order valence-electron chi connectivity index (χ2n) is 8.02. The molecule has 3 rings (SSSR count). The van der Waals surface area contributed by atoms with Crippen LogP contribution in [0, 0.1) is 5.92 Å². The van der Waals surface area contributed by atoms with Gasteiger partial charge in [-0.3, -0.25) is 4.79 Å². The Morgan fingerprint density at radius 3 is 2.21 bits per heavy atom. The molecule has 0 saturated heterocycles. The zero-order valence-corrected chi connectivity index (χ0v) is 18.4. The van der Waals surface area contributed by atoms with Crippen LogP contribution in [0.15, 0.2) is 53.4 Å². The second-order valence-corrected chi connectivity index (χ2v) is 10.0. The van der Waals surface area contributed by atoms with E-state index in [2.05, 4.69) is 0 Å². The van der Waals surface area contributed by atoms with Crippen molar-refractivity contribution in [2.24, 2.45) is 5.92 Å². The second kappa shape index (κ2) is 8.67. The fraction of sp³-hybridized carbons (Fsp3) is 0.435. The summed E-state index contributed by atoms with van der Waals surface area (Å²) >= 11 is 0. The van der Waals surface area contributed by atoms with Gasteiger partial charge in [-0.2, -0.15) is 4.31 Å². The van der Waals surface area contributed by atoms with Crippen molar-refractivity contribution in [3.63, 3.8) is 0 Å². The summed E-state index contributed by atoms with van der Waals surface area (Å²) < 4.78 is 27.9. The van der Waals surface area contributed by atoms with Crippen molar-refractivity contribution >= 4 is 15.9 Å². The van der Waals surface area contributed by atoms with Crippen LogP contribution >= 0.6 is 0 Å². The molecular formula is C23H30N2O3S. The van der Waals surface area contributed by atoms with E-state index in [1.165, 1.54) is 4.31 Å². The summed E-state index contributed by atoms with van der Waals surface area (Å²) in [6, 6.07) is 14.8. The minimum absolute atomic E-state index is 0.0275. The monoisotopic (exact) mass is 414 g/mol. The predicted octanol–water partition coefficient (Wildman–Crippen LogP) is 3.65. The summed E-state index contributed by atoms with van der Waals surface area (Å²) in [4.78, 5) is 14.6. The molecule has 0 spiro atoms. The van der Waals surface area contributed by atoms with Gasteiger partial charge in [0.2, 0.25) is 15.9 Å². The number of fused-ring (bicyclic) bond motifs is 1. The molecule has 5 nitrogen and oxygen atoms in total. The fourth-order valence-corrected chi connectivity index (χ4v) is 5.17. The van der Waals surface area contributed by atoms with Crippen LogP contribution in [0.25, 0.3) is 0 Å². The fourth-order valence-electron chi connectivity index (χ4n) is 3.76. The number of rotatable bonds is 5. The summed E-state index contributed by atoms with van der Waals surface area (Å²) in [7, 11) is -2.00. The Bertz CT molecular complexity index is 971. The third-order valence-corrected chi connectivity index (χ3v) is 7.71. The van der Waals surface area contributed by atoms with Crippen LogP contribution in [0.1, 0.15) is 43.5 Å². The number of nitrogens with zero attached hydrogens (tertiary/aromatic N) is 2. The molecule has 29 heavy (non-hydrogen) atoms. The molecule has 2 aromatic rings. The molecule has 1 heterocycles. The third-order valence-electron chi connectivity index (χ3n) is 5.79. The van der Waals surface area contributed by atoms with E-state index in [9.17, 15) is 13.2 Å². The third kappa shape index (κ3) is 4.54. The standard InChI is InChI=1S/C23H30N2O3S/c1-17(2)23(26)25-14-12-20-10-11-22(16-21(20)13-15-25)29(27,28)24(4)18(3)19-8-6-5-7-9-19/h5-11,16-18H,12-15H2,1-4H3/t18-/m0/s1. The van der Waals surface area contributed by atoms with Crippen LogP contribution in [0.3, 0.4) is 0 Å². The average molecular weight is 415 g/mol. The molecule has 156 valence electrons. The van der Waals surface area contributed by atoms with Gasteiger partial charge in [0.05, 0.1) is 4.90 Å². The van der Waals surface area contributed by atoms with Gasteiger partial charge in [-0.1, -0.05) is 50.2 Å². The molecule has 1 amide bonds. The molecule has 1 aliphatic heterocycles. The smallest absolute Gasteiger partial charge is 0.243 e. The van der Waals surface area contributed by atoms with Crippen molar-refractivity contribution in [1.29, 1.82) is 0 Å². The number of carbonyl (C=O) groups excluding carboxylic acids is 1. The minimum atomic E-state index is -3.62. The number of hydrogen-bond acceptors (Lipinski definition) is 3. The number of carbonyl (C=O) groups is 1. The molecule has 0 unspecified atom stereocenters. The van der Waals surface area contributed by atoms with Gasteiger partial charge in [0.1, 0.15) is 0 Å². The molecule has 0 saturated carbocycles. The maximum atomic E-state index is 13.2. The van der Waals surface area contributed by atoms with Crippen LogP contribution in [0.5, 0.6) is 0 Å². The van der Waals surface area contributed by atoms with Gasteiger partial charge in [0.15, 0.2) is 0 Å². The number of benzene rings is 2. The molecule has 1 atom stereocenters. The molecule has 0 fully saturated rings. The summed E-state index contributed by atoms with van der Waals surface area (Å²) in [5.41, 5.74) is 3.10. The van der Waals surface area contributed by atoms with Gasteiger partial charge < -0.3 is 4.90 Å². The topological polar surface area (TPSA) is 57.7 Å². The van der Waals surface area contributed by atoms with Crippen LogP contribution in [-0.2, 0) is 27.7 Å². The largest absolute Gasteiger partial charge is 0.342 e. The van der Waals surface area contributed by atoms with E-state index < -0.39 is 10.0 Å². The summed E-state index contributed by atoms with van der Waals surface area (Å²) in [6.45, 7) is 7.03. The lowest BCUT2D eigenvalue weighted by Crippen LogP contribution is -2.36. The first kappa shape index (κ1) is 21.5. The average Bonchev–Trinajstić information content (AvgIpc) is 2.94. The van der Waals surface area contributed by atoms with Gasteiger partial charge in [0, 0.05) is 32.1 Å². The lowest BCUT2D eigenvalue weighted by Gasteiger charge is -2.25. The number of sulfonamides is 1. The van der Waals surface area contributed by atoms with E-state index in [-0.39, 0.29) is 17.9 Å². The Balaban J connectivity index is 1.83. The van der Waals surface area contributed by atoms with E-state index in [1.807, 2.05) is 62.1 Å². The number of hydrogen-bond donors (Lipinski definition) is 0. The molecule has 0 N–H and O–H groups in total. The van der Waals surface area contributed by atoms with Crippen molar-refractivity contribution in [1.82, 2.24) is 9.21 Å². The van der Waals surface area contributed by atoms with Gasteiger partial charge in [-0.25, -0.2) is 8.42 Å². The van der Waals surface area contributed by atoms with Crippen LogP contribution in [-0.4, -0.2) is 43.7 Å². The number of amides is 1. The highest BCUT2D eigenvalue weighted by Crippen LogP contribution is 2.28. The first-order chi connectivity index (χ1) is 13.7. The zero-order valence-electron chi connectivity index (χ0n) is 17.6. The molecular weight excluding hydrogens is 384 g/mol. The lowest BCUT2D eigenvalue weighted by atomic mass is 10.0. The normalized spacial score (nSPS) is 15.9. The Labute approximate surface area is 174 Å². The molecule has 0 radical (unpaired) electrons. The van der Waals surface area contributed by atoms with Crippen LogP contribution in [0.4, 0.5) is 0 Å². The van der Waals surface area contributed by atoms with E-state index in [0.717, 1.165) is 23.1 Å². The van der Waals surface area contributed by atoms with Crippen molar-refractivity contribution in [2.75, 3.05) is 20.1 Å². The van der Waals surface area contributed by atoms with Crippen molar-refractivity contribution < 1.29 is 13.2 Å². The molecule has 0 aliphatic carbocycles. The highest BCUT2D eigenvalue weighted by molar-refractivity contribution is 7.89. The SMILES string of the molecule is CC(C)C(=O)N1CCc2ccc(S(=O)(=O)N(C)[C@@H](C)c3ccccc3)cc2CC1. The minimum Gasteiger partial charge on any atom is -0.342 e.